The van der Waals surface area contributed by atoms with Gasteiger partial charge in [-0.15, -0.1) is 0 Å². The van der Waals surface area contributed by atoms with Gasteiger partial charge < -0.3 is 9.84 Å². The van der Waals surface area contributed by atoms with Crippen LogP contribution in [0.25, 0.3) is 16.9 Å². The summed E-state index contributed by atoms with van der Waals surface area (Å²) in [7, 11) is 0. The van der Waals surface area contributed by atoms with Gasteiger partial charge in [0.05, 0.1) is 29.7 Å². The number of amides is 1. The van der Waals surface area contributed by atoms with Crippen LogP contribution in [-0.4, -0.2) is 27.0 Å². The number of nitrogens with zero attached hydrogens (tertiary/aromatic N) is 4. The molecule has 1 amide bonds. The quantitative estimate of drug-likeness (QED) is 0.514. The highest BCUT2D eigenvalue weighted by molar-refractivity contribution is 5.95. The van der Waals surface area contributed by atoms with Gasteiger partial charge in [-0.1, -0.05) is 12.1 Å². The molecule has 0 bridgehead atoms. The Bertz CT molecular complexity index is 1140. The van der Waals surface area contributed by atoms with E-state index in [1.54, 1.807) is 18.3 Å². The van der Waals surface area contributed by atoms with E-state index in [2.05, 4.69) is 39.1 Å². The Morgan fingerprint density at radius 2 is 2.03 bits per heavy atom. The summed E-state index contributed by atoms with van der Waals surface area (Å²) in [4.78, 5) is 17.0. The van der Waals surface area contributed by atoms with Crippen LogP contribution in [-0.2, 0) is 13.0 Å². The summed E-state index contributed by atoms with van der Waals surface area (Å²) in [5.41, 5.74) is 5.23. The van der Waals surface area contributed by atoms with Crippen LogP contribution in [0.1, 0.15) is 34.3 Å². The molecule has 29 heavy (non-hydrogen) atoms. The third kappa shape index (κ3) is 3.76. The molecule has 0 radical (unpaired) electrons. The first-order valence-corrected chi connectivity index (χ1v) is 9.73. The summed E-state index contributed by atoms with van der Waals surface area (Å²) in [5.74, 6) is 0.635. The number of aromatic nitrogens is 4. The Kier molecular flexibility index (Phi) is 5.12. The van der Waals surface area contributed by atoms with Crippen molar-refractivity contribution in [2.24, 2.45) is 0 Å². The lowest BCUT2D eigenvalue weighted by atomic mass is 10.1. The zero-order valence-corrected chi connectivity index (χ0v) is 16.8. The van der Waals surface area contributed by atoms with Gasteiger partial charge >= 0.3 is 0 Å². The van der Waals surface area contributed by atoms with Gasteiger partial charge in [-0.3, -0.25) is 9.20 Å². The minimum absolute atomic E-state index is 0.111. The Balaban J connectivity index is 1.46. The van der Waals surface area contributed by atoms with Crippen molar-refractivity contribution in [1.29, 1.82) is 0 Å². The van der Waals surface area contributed by atoms with E-state index >= 15 is 0 Å². The first kappa shape index (κ1) is 18.9. The van der Waals surface area contributed by atoms with Crippen LogP contribution in [0.15, 0.2) is 53.6 Å². The van der Waals surface area contributed by atoms with E-state index in [0.29, 0.717) is 17.8 Å². The molecule has 0 atom stereocenters. The molecule has 0 unspecified atom stereocenters. The van der Waals surface area contributed by atoms with E-state index in [0.717, 1.165) is 35.7 Å². The number of fused-ring (bicyclic) bond motifs is 1. The average molecular weight is 390 g/mol. The van der Waals surface area contributed by atoms with Gasteiger partial charge in [-0.25, -0.2) is 9.55 Å². The zero-order valence-electron chi connectivity index (χ0n) is 16.8. The van der Waals surface area contributed by atoms with Crippen molar-refractivity contribution in [2.45, 2.75) is 33.7 Å². The molecule has 148 valence electrons. The molecule has 0 fully saturated rings. The summed E-state index contributed by atoms with van der Waals surface area (Å²) >= 11 is 0. The summed E-state index contributed by atoms with van der Waals surface area (Å²) in [6.45, 7) is 7.19. The van der Waals surface area contributed by atoms with Crippen LogP contribution in [0, 0.1) is 13.8 Å². The standard InChI is InChI=1S/C22H23N5O2/c1-4-17-5-9-26(10-6-17)12-8-23-22(28)18-7-11-27-19(14-24-20(27)13-18)21-15(2)25-29-16(21)3/h5-7,9-11,13-14H,4,8,12H2,1-3H3/p+1. The van der Waals surface area contributed by atoms with Gasteiger partial charge in [0.2, 0.25) is 0 Å². The van der Waals surface area contributed by atoms with Crippen LogP contribution < -0.4 is 9.88 Å². The average Bonchev–Trinajstić information content (AvgIpc) is 3.30. The van der Waals surface area contributed by atoms with E-state index in [1.165, 1.54) is 5.56 Å². The fraction of sp³-hybridized carbons (Fsp3) is 0.273. The van der Waals surface area contributed by atoms with Gasteiger partial charge in [-0.2, -0.15) is 0 Å². The predicted molar refractivity (Wildman–Crippen MR) is 109 cm³/mol. The molecule has 0 aromatic carbocycles. The number of rotatable bonds is 6. The Hall–Kier alpha value is -3.48. The molecule has 0 aliphatic heterocycles. The van der Waals surface area contributed by atoms with Gasteiger partial charge in [0.1, 0.15) is 11.4 Å². The van der Waals surface area contributed by atoms with Gasteiger partial charge in [-0.05, 0) is 38.0 Å². The Labute approximate surface area is 169 Å². The van der Waals surface area contributed by atoms with Crippen LogP contribution in [0.3, 0.4) is 0 Å². The number of aryl methyl sites for hydroxylation is 3. The van der Waals surface area contributed by atoms with E-state index in [9.17, 15) is 4.79 Å². The highest BCUT2D eigenvalue weighted by Gasteiger charge is 2.16. The molecule has 1 N–H and O–H groups in total. The van der Waals surface area contributed by atoms with Gasteiger partial charge in [0.15, 0.2) is 18.9 Å². The Morgan fingerprint density at radius 1 is 1.24 bits per heavy atom. The SMILES string of the molecule is CCc1cc[n+](CCNC(=O)c2ccn3c(-c4c(C)noc4C)cnc3c2)cc1. The van der Waals surface area contributed by atoms with Crippen LogP contribution in [0.5, 0.6) is 0 Å². The molecular weight excluding hydrogens is 366 g/mol. The summed E-state index contributed by atoms with van der Waals surface area (Å²) < 4.78 is 9.27. The number of carbonyl (C=O) groups is 1. The third-order valence-corrected chi connectivity index (χ3v) is 5.09. The van der Waals surface area contributed by atoms with Crippen LogP contribution >= 0.6 is 0 Å². The lowest BCUT2D eigenvalue weighted by molar-refractivity contribution is -0.694. The summed E-state index contributed by atoms with van der Waals surface area (Å²) in [6.07, 6.45) is 8.73. The minimum Gasteiger partial charge on any atom is -0.361 e. The molecular formula is C22H24N5O2+. The maximum atomic E-state index is 12.5. The smallest absolute Gasteiger partial charge is 0.251 e. The second kappa shape index (κ2) is 7.87. The molecule has 0 aliphatic carbocycles. The molecule has 4 rings (SSSR count). The molecule has 0 saturated carbocycles. The van der Waals surface area contributed by atoms with Crippen LogP contribution in [0.2, 0.25) is 0 Å². The van der Waals surface area contributed by atoms with Crippen molar-refractivity contribution in [1.82, 2.24) is 19.9 Å². The largest absolute Gasteiger partial charge is 0.361 e. The second-order valence-corrected chi connectivity index (χ2v) is 7.04. The number of nitrogens with one attached hydrogen (secondary N) is 1. The molecule has 0 aliphatic rings. The summed E-state index contributed by atoms with van der Waals surface area (Å²) in [5, 5.41) is 6.98. The fourth-order valence-electron chi connectivity index (χ4n) is 3.43. The molecule has 7 heteroatoms. The lowest BCUT2D eigenvalue weighted by Gasteiger charge is -2.06. The fourth-order valence-corrected chi connectivity index (χ4v) is 3.43. The molecule has 4 aromatic heterocycles. The van der Waals surface area contributed by atoms with Crippen molar-refractivity contribution in [2.75, 3.05) is 6.54 Å². The molecule has 0 saturated heterocycles. The number of carbonyl (C=O) groups excluding carboxylic acids is 1. The number of hydrogen-bond donors (Lipinski definition) is 1. The van der Waals surface area contributed by atoms with Crippen molar-refractivity contribution in [3.8, 4) is 11.3 Å². The first-order valence-electron chi connectivity index (χ1n) is 9.73. The van der Waals surface area contributed by atoms with E-state index in [4.69, 9.17) is 4.52 Å². The molecule has 7 nitrogen and oxygen atoms in total. The minimum atomic E-state index is -0.111. The van der Waals surface area contributed by atoms with Crippen molar-refractivity contribution in [3.05, 3.63) is 71.6 Å². The van der Waals surface area contributed by atoms with Crippen LogP contribution in [0.4, 0.5) is 0 Å². The van der Waals surface area contributed by atoms with E-state index in [-0.39, 0.29) is 5.91 Å². The van der Waals surface area contributed by atoms with Crippen molar-refractivity contribution >= 4 is 11.6 Å². The maximum Gasteiger partial charge on any atom is 0.251 e. The lowest BCUT2D eigenvalue weighted by Crippen LogP contribution is -2.40. The molecule has 4 aromatic rings. The summed E-state index contributed by atoms with van der Waals surface area (Å²) in [6, 6.07) is 7.80. The number of imidazole rings is 1. The Morgan fingerprint density at radius 3 is 2.72 bits per heavy atom. The van der Waals surface area contributed by atoms with E-state index < -0.39 is 0 Å². The highest BCUT2D eigenvalue weighted by Crippen LogP contribution is 2.27. The first-order chi connectivity index (χ1) is 14.1. The topological polar surface area (TPSA) is 76.3 Å². The normalized spacial score (nSPS) is 11.1. The maximum absolute atomic E-state index is 12.5. The van der Waals surface area contributed by atoms with E-state index in [1.807, 2.05) is 36.8 Å². The predicted octanol–water partition coefficient (Wildman–Crippen LogP) is 2.89. The highest BCUT2D eigenvalue weighted by atomic mass is 16.5. The third-order valence-electron chi connectivity index (χ3n) is 5.09. The molecule has 4 heterocycles. The van der Waals surface area contributed by atoms with Crippen molar-refractivity contribution < 1.29 is 13.9 Å². The van der Waals surface area contributed by atoms with Gasteiger partial charge in [0.25, 0.3) is 5.91 Å². The zero-order chi connectivity index (χ0) is 20.4. The number of pyridine rings is 2. The molecule has 0 spiro atoms. The monoisotopic (exact) mass is 390 g/mol. The van der Waals surface area contributed by atoms with Crippen molar-refractivity contribution in [3.63, 3.8) is 0 Å². The second-order valence-electron chi connectivity index (χ2n) is 7.04. The van der Waals surface area contributed by atoms with Gasteiger partial charge in [0, 0.05) is 23.9 Å². The number of hydrogen-bond acceptors (Lipinski definition) is 4.